The van der Waals surface area contributed by atoms with Gasteiger partial charge in [-0.25, -0.2) is 8.42 Å². The van der Waals surface area contributed by atoms with E-state index in [9.17, 15) is 8.42 Å². The van der Waals surface area contributed by atoms with E-state index in [1.165, 1.54) is 6.42 Å². The SMILES string of the molecule is CC1CCCCC1N(C)S(=O)(=O)c1cc(Br)ccc1Br. The van der Waals surface area contributed by atoms with Crippen molar-refractivity contribution in [2.45, 2.75) is 43.5 Å². The number of rotatable bonds is 3. The smallest absolute Gasteiger partial charge is 0.207 e. The van der Waals surface area contributed by atoms with Crippen LogP contribution in [0.4, 0.5) is 0 Å². The van der Waals surface area contributed by atoms with Crippen molar-refractivity contribution in [1.82, 2.24) is 4.31 Å². The van der Waals surface area contributed by atoms with E-state index < -0.39 is 10.0 Å². The molecule has 20 heavy (non-hydrogen) atoms. The van der Waals surface area contributed by atoms with Crippen molar-refractivity contribution in [1.29, 1.82) is 0 Å². The number of benzene rings is 1. The van der Waals surface area contributed by atoms with Crippen LogP contribution in [-0.4, -0.2) is 25.8 Å². The fourth-order valence-electron chi connectivity index (χ4n) is 2.85. The molecule has 112 valence electrons. The van der Waals surface area contributed by atoms with Crippen molar-refractivity contribution < 1.29 is 8.42 Å². The number of halogens is 2. The maximum absolute atomic E-state index is 12.8. The zero-order chi connectivity index (χ0) is 14.9. The van der Waals surface area contributed by atoms with E-state index in [4.69, 9.17) is 0 Å². The quantitative estimate of drug-likeness (QED) is 0.720. The second-order valence-corrected chi connectivity index (χ2v) is 9.16. The van der Waals surface area contributed by atoms with Crippen LogP contribution in [0.25, 0.3) is 0 Å². The lowest BCUT2D eigenvalue weighted by atomic mass is 9.86. The number of hydrogen-bond donors (Lipinski definition) is 0. The summed E-state index contributed by atoms with van der Waals surface area (Å²) in [5.41, 5.74) is 0. The van der Waals surface area contributed by atoms with Gasteiger partial charge in [0.1, 0.15) is 0 Å². The largest absolute Gasteiger partial charge is 0.244 e. The lowest BCUT2D eigenvalue weighted by Gasteiger charge is -2.35. The fraction of sp³-hybridized carbons (Fsp3) is 0.571. The molecule has 0 aliphatic heterocycles. The van der Waals surface area contributed by atoms with Crippen LogP contribution in [-0.2, 0) is 10.0 Å². The number of hydrogen-bond acceptors (Lipinski definition) is 2. The zero-order valence-electron chi connectivity index (χ0n) is 11.6. The minimum Gasteiger partial charge on any atom is -0.207 e. The molecule has 6 heteroatoms. The zero-order valence-corrected chi connectivity index (χ0v) is 15.6. The molecule has 1 aliphatic rings. The van der Waals surface area contributed by atoms with Crippen LogP contribution in [0.5, 0.6) is 0 Å². The highest BCUT2D eigenvalue weighted by Gasteiger charge is 2.33. The molecule has 2 atom stereocenters. The molecule has 3 nitrogen and oxygen atoms in total. The van der Waals surface area contributed by atoms with Crippen molar-refractivity contribution in [3.05, 3.63) is 27.1 Å². The highest BCUT2D eigenvalue weighted by Crippen LogP contribution is 2.33. The molecule has 1 aromatic carbocycles. The van der Waals surface area contributed by atoms with E-state index in [1.54, 1.807) is 23.5 Å². The van der Waals surface area contributed by atoms with Crippen LogP contribution in [0.2, 0.25) is 0 Å². The van der Waals surface area contributed by atoms with Gasteiger partial charge >= 0.3 is 0 Å². The van der Waals surface area contributed by atoms with E-state index in [-0.39, 0.29) is 6.04 Å². The summed E-state index contributed by atoms with van der Waals surface area (Å²) < 4.78 is 28.6. The topological polar surface area (TPSA) is 37.4 Å². The standard InChI is InChI=1S/C14H19Br2NO2S/c1-10-5-3-4-6-13(10)17(2)20(18,19)14-9-11(15)7-8-12(14)16/h7-10,13H,3-6H2,1-2H3. The summed E-state index contributed by atoms with van der Waals surface area (Å²) in [7, 11) is -1.76. The maximum Gasteiger partial charge on any atom is 0.244 e. The Morgan fingerprint density at radius 1 is 1.20 bits per heavy atom. The molecule has 0 radical (unpaired) electrons. The molecule has 0 saturated heterocycles. The molecule has 0 bridgehead atoms. The molecular formula is C14H19Br2NO2S. The molecule has 0 spiro atoms. The molecule has 0 amide bonds. The van der Waals surface area contributed by atoms with Crippen molar-refractivity contribution in [2.24, 2.45) is 5.92 Å². The van der Waals surface area contributed by atoms with Gasteiger partial charge in [0.25, 0.3) is 0 Å². The lowest BCUT2D eigenvalue weighted by molar-refractivity contribution is 0.213. The number of sulfonamides is 1. The highest BCUT2D eigenvalue weighted by atomic mass is 79.9. The van der Waals surface area contributed by atoms with Gasteiger partial charge < -0.3 is 0 Å². The van der Waals surface area contributed by atoms with Crippen LogP contribution in [0.1, 0.15) is 32.6 Å². The van der Waals surface area contributed by atoms with Gasteiger partial charge in [0.05, 0.1) is 4.90 Å². The van der Waals surface area contributed by atoms with Crippen LogP contribution in [0.15, 0.2) is 32.0 Å². The third-order valence-corrected chi connectivity index (χ3v) is 7.45. The molecule has 1 saturated carbocycles. The van der Waals surface area contributed by atoms with Gasteiger partial charge in [-0.15, -0.1) is 0 Å². The summed E-state index contributed by atoms with van der Waals surface area (Å²) in [6, 6.07) is 5.34. The predicted molar refractivity (Wildman–Crippen MR) is 88.2 cm³/mol. The average Bonchev–Trinajstić information content (AvgIpc) is 2.41. The fourth-order valence-corrected chi connectivity index (χ4v) is 5.79. The summed E-state index contributed by atoms with van der Waals surface area (Å²) in [6.07, 6.45) is 4.35. The van der Waals surface area contributed by atoms with Crippen molar-refractivity contribution >= 4 is 41.9 Å². The minimum atomic E-state index is -3.47. The monoisotopic (exact) mass is 423 g/mol. The van der Waals surface area contributed by atoms with E-state index in [0.717, 1.165) is 23.7 Å². The third kappa shape index (κ3) is 3.29. The predicted octanol–water partition coefficient (Wildman–Crippen LogP) is 4.41. The first-order valence-electron chi connectivity index (χ1n) is 6.77. The first-order chi connectivity index (χ1) is 9.34. The van der Waals surface area contributed by atoms with Gasteiger partial charge in [-0.3, -0.25) is 0 Å². The lowest BCUT2D eigenvalue weighted by Crippen LogP contribution is -2.42. The van der Waals surface area contributed by atoms with Gasteiger partial charge in [0.2, 0.25) is 10.0 Å². The Bertz CT molecular complexity index is 589. The first kappa shape index (κ1) is 16.5. The van der Waals surface area contributed by atoms with Crippen molar-refractivity contribution in [2.75, 3.05) is 7.05 Å². The molecule has 0 heterocycles. The summed E-state index contributed by atoms with van der Waals surface area (Å²) >= 11 is 6.69. The van der Waals surface area contributed by atoms with E-state index in [2.05, 4.69) is 38.8 Å². The second kappa shape index (κ2) is 6.46. The summed E-state index contributed by atoms with van der Waals surface area (Å²) in [5.74, 6) is 0.412. The molecule has 0 aromatic heterocycles. The van der Waals surface area contributed by atoms with E-state index in [1.807, 2.05) is 6.07 Å². The Kier molecular flexibility index (Phi) is 5.32. The Hall–Kier alpha value is 0.0900. The Labute approximate surface area is 138 Å². The Balaban J connectivity index is 2.36. The molecule has 1 aromatic rings. The maximum atomic E-state index is 12.8. The highest BCUT2D eigenvalue weighted by molar-refractivity contribution is 9.11. The Morgan fingerprint density at radius 2 is 1.85 bits per heavy atom. The van der Waals surface area contributed by atoms with Gasteiger partial charge in [-0.1, -0.05) is 35.7 Å². The van der Waals surface area contributed by atoms with Crippen LogP contribution in [0.3, 0.4) is 0 Å². The normalized spacial score (nSPS) is 24.1. The first-order valence-corrected chi connectivity index (χ1v) is 9.79. The molecule has 2 unspecified atom stereocenters. The molecular weight excluding hydrogens is 406 g/mol. The van der Waals surface area contributed by atoms with Crippen molar-refractivity contribution in [3.63, 3.8) is 0 Å². The van der Waals surface area contributed by atoms with E-state index in [0.29, 0.717) is 15.3 Å². The molecule has 1 fully saturated rings. The molecule has 1 aliphatic carbocycles. The van der Waals surface area contributed by atoms with Gasteiger partial charge in [0, 0.05) is 22.0 Å². The summed E-state index contributed by atoms with van der Waals surface area (Å²) in [5, 5.41) is 0. The van der Waals surface area contributed by atoms with Crippen LogP contribution >= 0.6 is 31.9 Å². The average molecular weight is 425 g/mol. The Morgan fingerprint density at radius 3 is 2.50 bits per heavy atom. The van der Waals surface area contributed by atoms with Crippen molar-refractivity contribution in [3.8, 4) is 0 Å². The number of nitrogens with zero attached hydrogens (tertiary/aromatic N) is 1. The van der Waals surface area contributed by atoms with Gasteiger partial charge in [0.15, 0.2) is 0 Å². The molecule has 2 rings (SSSR count). The molecule has 0 N–H and O–H groups in total. The summed E-state index contributed by atoms with van der Waals surface area (Å²) in [6.45, 7) is 2.14. The second-order valence-electron chi connectivity index (χ2n) is 5.43. The summed E-state index contributed by atoms with van der Waals surface area (Å²) in [4.78, 5) is 0.326. The van der Waals surface area contributed by atoms with Crippen LogP contribution < -0.4 is 0 Å². The minimum absolute atomic E-state index is 0.0969. The van der Waals surface area contributed by atoms with Gasteiger partial charge in [-0.2, -0.15) is 4.31 Å². The third-order valence-electron chi connectivity index (χ3n) is 4.08. The van der Waals surface area contributed by atoms with Gasteiger partial charge in [-0.05, 0) is 52.9 Å². The van der Waals surface area contributed by atoms with Crippen LogP contribution in [0, 0.1) is 5.92 Å². The van der Waals surface area contributed by atoms with E-state index >= 15 is 0 Å².